The highest BCUT2D eigenvalue weighted by atomic mass is 79.9. The fourth-order valence-corrected chi connectivity index (χ4v) is 2.12. The summed E-state index contributed by atoms with van der Waals surface area (Å²) in [5.41, 5.74) is 7.61. The maximum atomic E-state index is 13.8. The molecule has 4 nitrogen and oxygen atoms in total. The Kier molecular flexibility index (Phi) is 3.71. The Morgan fingerprint density at radius 3 is 2.68 bits per heavy atom. The number of hydrogen-bond acceptors (Lipinski definition) is 2. The second kappa shape index (κ2) is 5.13. The summed E-state index contributed by atoms with van der Waals surface area (Å²) in [5.74, 6) is -0.954. The highest BCUT2D eigenvalue weighted by Crippen LogP contribution is 2.21. The van der Waals surface area contributed by atoms with Crippen LogP contribution < -0.4 is 5.73 Å². The lowest BCUT2D eigenvalue weighted by Crippen LogP contribution is -2.13. The molecule has 1 aromatic heterocycles. The highest BCUT2D eigenvalue weighted by molar-refractivity contribution is 9.10. The maximum Gasteiger partial charge on any atom is 0.248 e. The number of nitrogens with two attached hydrogens (primary N) is 1. The second-order valence-corrected chi connectivity index (χ2v) is 5.11. The normalized spacial score (nSPS) is 10.7. The SMILES string of the molecule is Cc1nn(Cc2cc(C(N)=O)ccc2F)c(C)c1Br. The molecule has 2 rings (SSSR count). The Morgan fingerprint density at radius 1 is 1.47 bits per heavy atom. The molecule has 0 radical (unpaired) electrons. The van der Waals surface area contributed by atoms with Gasteiger partial charge < -0.3 is 5.73 Å². The molecule has 0 bridgehead atoms. The first kappa shape index (κ1) is 13.7. The minimum atomic E-state index is -0.573. The van der Waals surface area contributed by atoms with Gasteiger partial charge in [0.25, 0.3) is 0 Å². The molecular weight excluding hydrogens is 313 g/mol. The van der Waals surface area contributed by atoms with E-state index in [-0.39, 0.29) is 17.9 Å². The Balaban J connectivity index is 2.40. The van der Waals surface area contributed by atoms with E-state index in [9.17, 15) is 9.18 Å². The van der Waals surface area contributed by atoms with Crippen LogP contribution in [0.1, 0.15) is 27.3 Å². The van der Waals surface area contributed by atoms with Crippen molar-refractivity contribution >= 4 is 21.8 Å². The van der Waals surface area contributed by atoms with Crippen molar-refractivity contribution in [1.29, 1.82) is 0 Å². The zero-order chi connectivity index (χ0) is 14.2. The molecule has 0 aliphatic heterocycles. The fourth-order valence-electron chi connectivity index (χ4n) is 1.84. The Bertz CT molecular complexity index is 652. The molecule has 0 spiro atoms. The number of primary amides is 1. The van der Waals surface area contributed by atoms with Gasteiger partial charge >= 0.3 is 0 Å². The van der Waals surface area contributed by atoms with Crippen LogP contribution in [0.2, 0.25) is 0 Å². The van der Waals surface area contributed by atoms with Crippen molar-refractivity contribution in [3.8, 4) is 0 Å². The van der Waals surface area contributed by atoms with Crippen LogP contribution in [0.4, 0.5) is 4.39 Å². The van der Waals surface area contributed by atoms with Gasteiger partial charge in [-0.3, -0.25) is 9.48 Å². The van der Waals surface area contributed by atoms with Gasteiger partial charge in [0, 0.05) is 11.1 Å². The van der Waals surface area contributed by atoms with Crippen LogP contribution in [0, 0.1) is 19.7 Å². The number of aromatic nitrogens is 2. The van der Waals surface area contributed by atoms with Crippen LogP contribution in [0.25, 0.3) is 0 Å². The number of benzene rings is 1. The summed E-state index contributed by atoms with van der Waals surface area (Å²) < 4.78 is 16.3. The quantitative estimate of drug-likeness (QED) is 0.942. The van der Waals surface area contributed by atoms with E-state index in [1.54, 1.807) is 4.68 Å². The van der Waals surface area contributed by atoms with Crippen molar-refractivity contribution in [2.75, 3.05) is 0 Å². The molecule has 2 N–H and O–H groups in total. The smallest absolute Gasteiger partial charge is 0.248 e. The topological polar surface area (TPSA) is 60.9 Å². The van der Waals surface area contributed by atoms with Gasteiger partial charge in [0.05, 0.1) is 22.4 Å². The average Bonchev–Trinajstić information content (AvgIpc) is 2.59. The third-order valence-electron chi connectivity index (χ3n) is 2.94. The monoisotopic (exact) mass is 325 g/mol. The number of hydrogen-bond donors (Lipinski definition) is 1. The van der Waals surface area contributed by atoms with E-state index < -0.39 is 5.91 Å². The van der Waals surface area contributed by atoms with Gasteiger partial charge in [0.15, 0.2) is 0 Å². The largest absolute Gasteiger partial charge is 0.366 e. The van der Waals surface area contributed by atoms with Crippen LogP contribution in [0.15, 0.2) is 22.7 Å². The molecule has 1 amide bonds. The molecule has 0 aliphatic carbocycles. The first-order valence-electron chi connectivity index (χ1n) is 5.68. The standard InChI is InChI=1S/C13H13BrFN3O/c1-7-12(14)8(2)18(17-7)6-10-5-9(13(16)19)3-4-11(10)15/h3-5H,6H2,1-2H3,(H2,16,19). The van der Waals surface area contributed by atoms with E-state index in [0.29, 0.717) is 5.56 Å². The van der Waals surface area contributed by atoms with Gasteiger partial charge in [-0.25, -0.2) is 4.39 Å². The van der Waals surface area contributed by atoms with E-state index in [0.717, 1.165) is 15.9 Å². The summed E-state index contributed by atoms with van der Waals surface area (Å²) >= 11 is 3.42. The van der Waals surface area contributed by atoms with Crippen molar-refractivity contribution in [1.82, 2.24) is 9.78 Å². The molecule has 100 valence electrons. The summed E-state index contributed by atoms with van der Waals surface area (Å²) in [7, 11) is 0. The first-order chi connectivity index (χ1) is 8.90. The van der Waals surface area contributed by atoms with E-state index in [4.69, 9.17) is 5.73 Å². The molecular formula is C13H13BrFN3O. The molecule has 19 heavy (non-hydrogen) atoms. The third kappa shape index (κ3) is 2.68. The Labute approximate surface area is 118 Å². The van der Waals surface area contributed by atoms with Gasteiger partial charge in [0.2, 0.25) is 5.91 Å². The van der Waals surface area contributed by atoms with Gasteiger partial charge in [-0.05, 0) is 48.0 Å². The predicted molar refractivity (Wildman–Crippen MR) is 73.4 cm³/mol. The highest BCUT2D eigenvalue weighted by Gasteiger charge is 2.12. The predicted octanol–water partition coefficient (Wildman–Crippen LogP) is 2.55. The van der Waals surface area contributed by atoms with Crippen molar-refractivity contribution < 1.29 is 9.18 Å². The number of amides is 1. The number of halogens is 2. The fraction of sp³-hybridized carbons (Fsp3) is 0.231. The summed E-state index contributed by atoms with van der Waals surface area (Å²) in [6.07, 6.45) is 0. The number of aryl methyl sites for hydroxylation is 1. The van der Waals surface area contributed by atoms with E-state index in [2.05, 4.69) is 21.0 Å². The number of rotatable bonds is 3. The van der Waals surface area contributed by atoms with Crippen molar-refractivity contribution in [2.24, 2.45) is 5.73 Å². The zero-order valence-corrected chi connectivity index (χ0v) is 12.2. The second-order valence-electron chi connectivity index (χ2n) is 4.31. The van der Waals surface area contributed by atoms with Crippen LogP contribution >= 0.6 is 15.9 Å². The minimum Gasteiger partial charge on any atom is -0.366 e. The van der Waals surface area contributed by atoms with Crippen molar-refractivity contribution in [2.45, 2.75) is 20.4 Å². The molecule has 0 unspecified atom stereocenters. The van der Waals surface area contributed by atoms with E-state index in [1.165, 1.54) is 18.2 Å². The Morgan fingerprint density at radius 2 is 2.16 bits per heavy atom. The lowest BCUT2D eigenvalue weighted by molar-refractivity contribution is 0.1000. The summed E-state index contributed by atoms with van der Waals surface area (Å²) in [6, 6.07) is 4.08. The lowest BCUT2D eigenvalue weighted by atomic mass is 10.1. The molecule has 0 saturated carbocycles. The van der Waals surface area contributed by atoms with E-state index >= 15 is 0 Å². The van der Waals surface area contributed by atoms with Crippen LogP contribution in [0.5, 0.6) is 0 Å². The zero-order valence-electron chi connectivity index (χ0n) is 10.6. The van der Waals surface area contributed by atoms with Crippen LogP contribution in [-0.2, 0) is 6.54 Å². The van der Waals surface area contributed by atoms with Gasteiger partial charge in [-0.2, -0.15) is 5.10 Å². The Hall–Kier alpha value is -1.69. The summed E-state index contributed by atoms with van der Waals surface area (Å²) in [5, 5.41) is 4.31. The van der Waals surface area contributed by atoms with Crippen molar-refractivity contribution in [3.05, 3.63) is 51.0 Å². The number of nitrogens with zero attached hydrogens (tertiary/aromatic N) is 2. The summed E-state index contributed by atoms with van der Waals surface area (Å²) in [6.45, 7) is 4.01. The maximum absolute atomic E-state index is 13.8. The van der Waals surface area contributed by atoms with Gasteiger partial charge in [-0.1, -0.05) is 0 Å². The number of carbonyl (C=O) groups excluding carboxylic acids is 1. The van der Waals surface area contributed by atoms with Crippen LogP contribution in [0.3, 0.4) is 0 Å². The molecule has 1 heterocycles. The molecule has 2 aromatic rings. The van der Waals surface area contributed by atoms with E-state index in [1.807, 2.05) is 13.8 Å². The average molecular weight is 326 g/mol. The molecule has 0 atom stereocenters. The minimum absolute atomic E-state index is 0.255. The molecule has 0 fully saturated rings. The van der Waals surface area contributed by atoms with Gasteiger partial charge in [0.1, 0.15) is 5.82 Å². The van der Waals surface area contributed by atoms with Crippen LogP contribution in [-0.4, -0.2) is 15.7 Å². The first-order valence-corrected chi connectivity index (χ1v) is 6.47. The lowest BCUT2D eigenvalue weighted by Gasteiger charge is -2.07. The third-order valence-corrected chi connectivity index (χ3v) is 4.09. The van der Waals surface area contributed by atoms with Gasteiger partial charge in [-0.15, -0.1) is 0 Å². The summed E-state index contributed by atoms with van der Waals surface area (Å²) in [4.78, 5) is 11.1. The molecule has 0 saturated heterocycles. The molecule has 0 aliphatic rings. The molecule has 1 aromatic carbocycles. The number of carbonyl (C=O) groups is 1. The molecule has 6 heteroatoms. The van der Waals surface area contributed by atoms with Crippen molar-refractivity contribution in [3.63, 3.8) is 0 Å².